The molecule has 0 aromatic heterocycles. The third-order valence-corrected chi connectivity index (χ3v) is 5.76. The van der Waals surface area contributed by atoms with Crippen LogP contribution in [0.4, 0.5) is 0 Å². The molecule has 0 rings (SSSR count). The van der Waals surface area contributed by atoms with Crippen LogP contribution in [0, 0.1) is 0 Å². The molecule has 0 aliphatic heterocycles. The number of sulfone groups is 1. The minimum Gasteiger partial charge on any atom is -0.313 e. The van der Waals surface area contributed by atoms with Gasteiger partial charge in [-0.05, 0) is 26.2 Å². The van der Waals surface area contributed by atoms with E-state index in [2.05, 4.69) is 19.2 Å². The summed E-state index contributed by atoms with van der Waals surface area (Å²) in [5.74, 6) is 0. The SMILES string of the molecule is CCC(C)NCC(CC)(CC)S(C)(=O)=O. The van der Waals surface area contributed by atoms with Crippen molar-refractivity contribution in [2.45, 2.75) is 57.7 Å². The Hall–Kier alpha value is -0.0900. The van der Waals surface area contributed by atoms with E-state index in [1.54, 1.807) is 0 Å². The van der Waals surface area contributed by atoms with Gasteiger partial charge >= 0.3 is 0 Å². The van der Waals surface area contributed by atoms with Gasteiger partial charge in [-0.15, -0.1) is 0 Å². The monoisotopic (exact) mass is 235 g/mol. The molecule has 3 nitrogen and oxygen atoms in total. The van der Waals surface area contributed by atoms with E-state index in [0.717, 1.165) is 6.42 Å². The zero-order valence-corrected chi connectivity index (χ0v) is 11.4. The summed E-state index contributed by atoms with van der Waals surface area (Å²) in [5, 5.41) is 3.30. The third kappa shape index (κ3) is 3.76. The molecule has 0 saturated carbocycles. The number of hydrogen-bond acceptors (Lipinski definition) is 3. The molecule has 0 aromatic rings. The van der Waals surface area contributed by atoms with E-state index in [-0.39, 0.29) is 0 Å². The first kappa shape index (κ1) is 14.9. The van der Waals surface area contributed by atoms with Gasteiger partial charge in [-0.2, -0.15) is 0 Å². The average molecular weight is 235 g/mol. The van der Waals surface area contributed by atoms with Crippen molar-refractivity contribution in [2.75, 3.05) is 12.8 Å². The van der Waals surface area contributed by atoms with Crippen LogP contribution in [-0.4, -0.2) is 32.0 Å². The molecule has 1 N–H and O–H groups in total. The Morgan fingerprint density at radius 3 is 1.93 bits per heavy atom. The van der Waals surface area contributed by atoms with Crippen molar-refractivity contribution in [2.24, 2.45) is 0 Å². The maximum atomic E-state index is 11.8. The van der Waals surface area contributed by atoms with Crippen LogP contribution >= 0.6 is 0 Å². The van der Waals surface area contributed by atoms with Gasteiger partial charge in [-0.3, -0.25) is 0 Å². The average Bonchev–Trinajstić information content (AvgIpc) is 2.17. The summed E-state index contributed by atoms with van der Waals surface area (Å²) in [6.07, 6.45) is 3.71. The number of hydrogen-bond donors (Lipinski definition) is 1. The minimum atomic E-state index is -2.99. The molecule has 4 heteroatoms. The zero-order valence-electron chi connectivity index (χ0n) is 10.6. The Labute approximate surface area is 94.6 Å². The second kappa shape index (κ2) is 5.85. The van der Waals surface area contributed by atoms with Crippen LogP contribution in [0.2, 0.25) is 0 Å². The van der Waals surface area contributed by atoms with Crippen LogP contribution in [0.3, 0.4) is 0 Å². The zero-order chi connectivity index (χ0) is 12.1. The van der Waals surface area contributed by atoms with Crippen molar-refractivity contribution in [1.29, 1.82) is 0 Å². The lowest BCUT2D eigenvalue weighted by molar-refractivity contribution is 0.420. The van der Waals surface area contributed by atoms with E-state index < -0.39 is 14.6 Å². The molecule has 0 aliphatic rings. The maximum Gasteiger partial charge on any atom is 0.154 e. The van der Waals surface area contributed by atoms with Crippen LogP contribution in [0.1, 0.15) is 47.0 Å². The van der Waals surface area contributed by atoms with Gasteiger partial charge in [0.2, 0.25) is 0 Å². The molecule has 1 atom stereocenters. The molecule has 0 spiro atoms. The molecule has 0 heterocycles. The van der Waals surface area contributed by atoms with Gasteiger partial charge in [0.25, 0.3) is 0 Å². The summed E-state index contributed by atoms with van der Waals surface area (Å²) in [6, 6.07) is 0.379. The first-order valence-electron chi connectivity index (χ1n) is 5.76. The predicted molar refractivity (Wildman–Crippen MR) is 65.9 cm³/mol. The topological polar surface area (TPSA) is 46.2 Å². The van der Waals surface area contributed by atoms with E-state index in [1.165, 1.54) is 6.26 Å². The van der Waals surface area contributed by atoms with Crippen molar-refractivity contribution in [3.8, 4) is 0 Å². The number of rotatable bonds is 7. The quantitative estimate of drug-likeness (QED) is 0.734. The second-order valence-electron chi connectivity index (χ2n) is 4.35. The normalized spacial score (nSPS) is 15.3. The fourth-order valence-electron chi connectivity index (χ4n) is 1.66. The number of nitrogens with one attached hydrogen (secondary N) is 1. The molecular formula is C11H25NO2S. The smallest absolute Gasteiger partial charge is 0.154 e. The Bertz CT molecular complexity index is 268. The molecule has 0 radical (unpaired) electrons. The standard InChI is InChI=1S/C11H25NO2S/c1-6-10(4)12-9-11(7-2,8-3)15(5,13)14/h10,12H,6-9H2,1-5H3. The molecular weight excluding hydrogens is 210 g/mol. The van der Waals surface area contributed by atoms with Crippen LogP contribution in [0.5, 0.6) is 0 Å². The fraction of sp³-hybridized carbons (Fsp3) is 1.00. The van der Waals surface area contributed by atoms with Gasteiger partial charge in [-0.25, -0.2) is 8.42 Å². The van der Waals surface area contributed by atoms with E-state index in [0.29, 0.717) is 25.4 Å². The van der Waals surface area contributed by atoms with Crippen LogP contribution < -0.4 is 5.32 Å². The summed E-state index contributed by atoms with van der Waals surface area (Å²) in [6.45, 7) is 8.63. The van der Waals surface area contributed by atoms with Gasteiger partial charge in [0.05, 0.1) is 4.75 Å². The van der Waals surface area contributed by atoms with Crippen molar-refractivity contribution in [1.82, 2.24) is 5.32 Å². The molecule has 15 heavy (non-hydrogen) atoms. The molecule has 0 amide bonds. The van der Waals surface area contributed by atoms with Gasteiger partial charge in [-0.1, -0.05) is 20.8 Å². The highest BCUT2D eigenvalue weighted by Crippen LogP contribution is 2.24. The molecule has 0 saturated heterocycles. The summed E-state index contributed by atoms with van der Waals surface area (Å²) in [5.41, 5.74) is 0. The van der Waals surface area contributed by atoms with Crippen LogP contribution in [0.15, 0.2) is 0 Å². The summed E-state index contributed by atoms with van der Waals surface area (Å²) < 4.78 is 23.0. The van der Waals surface area contributed by atoms with E-state index in [4.69, 9.17) is 0 Å². The fourth-order valence-corrected chi connectivity index (χ4v) is 3.05. The van der Waals surface area contributed by atoms with Crippen molar-refractivity contribution in [3.05, 3.63) is 0 Å². The predicted octanol–water partition coefficient (Wildman–Crippen LogP) is 1.98. The van der Waals surface area contributed by atoms with Gasteiger partial charge < -0.3 is 5.32 Å². The largest absolute Gasteiger partial charge is 0.313 e. The lowest BCUT2D eigenvalue weighted by Gasteiger charge is -2.31. The molecule has 0 aliphatic carbocycles. The van der Waals surface area contributed by atoms with Crippen LogP contribution in [0.25, 0.3) is 0 Å². The lowest BCUT2D eigenvalue weighted by Crippen LogP contribution is -2.48. The Balaban J connectivity index is 4.68. The molecule has 0 aromatic carbocycles. The highest BCUT2D eigenvalue weighted by atomic mass is 32.2. The van der Waals surface area contributed by atoms with Crippen molar-refractivity contribution < 1.29 is 8.42 Å². The molecule has 92 valence electrons. The Morgan fingerprint density at radius 1 is 1.20 bits per heavy atom. The van der Waals surface area contributed by atoms with E-state index >= 15 is 0 Å². The van der Waals surface area contributed by atoms with Gasteiger partial charge in [0.1, 0.15) is 0 Å². The summed E-state index contributed by atoms with van der Waals surface area (Å²) >= 11 is 0. The van der Waals surface area contributed by atoms with Crippen LogP contribution in [-0.2, 0) is 9.84 Å². The summed E-state index contributed by atoms with van der Waals surface area (Å²) in [7, 11) is -2.99. The summed E-state index contributed by atoms with van der Waals surface area (Å²) in [4.78, 5) is 0. The second-order valence-corrected chi connectivity index (χ2v) is 6.76. The van der Waals surface area contributed by atoms with Crippen molar-refractivity contribution >= 4 is 9.84 Å². The van der Waals surface area contributed by atoms with Crippen molar-refractivity contribution in [3.63, 3.8) is 0 Å². The highest BCUT2D eigenvalue weighted by molar-refractivity contribution is 7.92. The first-order chi connectivity index (χ1) is 6.83. The van der Waals surface area contributed by atoms with Gasteiger partial charge in [0, 0.05) is 18.8 Å². The van der Waals surface area contributed by atoms with Gasteiger partial charge in [0.15, 0.2) is 9.84 Å². The maximum absolute atomic E-state index is 11.8. The molecule has 1 unspecified atom stereocenters. The minimum absolute atomic E-state index is 0.379. The lowest BCUT2D eigenvalue weighted by atomic mass is 10.0. The Kier molecular flexibility index (Phi) is 5.81. The third-order valence-electron chi connectivity index (χ3n) is 3.46. The van der Waals surface area contributed by atoms with E-state index in [1.807, 2.05) is 13.8 Å². The highest BCUT2D eigenvalue weighted by Gasteiger charge is 2.36. The Morgan fingerprint density at radius 2 is 1.67 bits per heavy atom. The molecule has 0 bridgehead atoms. The first-order valence-corrected chi connectivity index (χ1v) is 7.65. The molecule has 0 fully saturated rings. The van der Waals surface area contributed by atoms with E-state index in [9.17, 15) is 8.42 Å².